The zero-order chi connectivity index (χ0) is 11.4. The summed E-state index contributed by atoms with van der Waals surface area (Å²) in [6, 6.07) is -1.39. The molecule has 0 aliphatic carbocycles. The van der Waals surface area contributed by atoms with Crippen LogP contribution in [0.3, 0.4) is 0 Å². The Kier molecular flexibility index (Phi) is 4.66. The van der Waals surface area contributed by atoms with Gasteiger partial charge in [0.2, 0.25) is 0 Å². The molecule has 14 heavy (non-hydrogen) atoms. The zero-order valence-corrected chi connectivity index (χ0v) is 7.04. The molecule has 3 N–H and O–H groups in total. The van der Waals surface area contributed by atoms with Crippen LogP contribution >= 0.6 is 0 Å². The Morgan fingerprint density at radius 3 is 1.79 bits per heavy atom. The highest BCUT2D eigenvalue weighted by atomic mass is 19.4. The molecule has 0 aromatic carbocycles. The van der Waals surface area contributed by atoms with Crippen LogP contribution in [-0.2, 0) is 0 Å². The molecule has 0 saturated carbocycles. The Morgan fingerprint density at radius 2 is 1.50 bits per heavy atom. The SMILES string of the molecule is NNC(CCC(F)(F)F)CC(F)(F)F. The fraction of sp³-hybridized carbons (Fsp3) is 1.00. The number of nitrogens with two attached hydrogens (primary N) is 1. The Hall–Kier alpha value is -0.500. The molecule has 0 aliphatic rings. The van der Waals surface area contributed by atoms with Crippen LogP contribution in [0.25, 0.3) is 0 Å². The lowest BCUT2D eigenvalue weighted by Gasteiger charge is -2.18. The lowest BCUT2D eigenvalue weighted by Crippen LogP contribution is -2.39. The molecule has 0 aromatic heterocycles. The van der Waals surface area contributed by atoms with Crippen molar-refractivity contribution in [2.24, 2.45) is 5.84 Å². The number of rotatable bonds is 4. The van der Waals surface area contributed by atoms with Gasteiger partial charge in [0.05, 0.1) is 6.42 Å². The van der Waals surface area contributed by atoms with Crippen LogP contribution in [-0.4, -0.2) is 18.4 Å². The monoisotopic (exact) mass is 224 g/mol. The van der Waals surface area contributed by atoms with Crippen LogP contribution in [0.15, 0.2) is 0 Å². The van der Waals surface area contributed by atoms with Gasteiger partial charge >= 0.3 is 12.4 Å². The molecule has 0 radical (unpaired) electrons. The Bertz CT molecular complexity index is 163. The summed E-state index contributed by atoms with van der Waals surface area (Å²) in [5, 5.41) is 0. The van der Waals surface area contributed by atoms with E-state index in [1.54, 1.807) is 5.43 Å². The summed E-state index contributed by atoms with van der Waals surface area (Å²) >= 11 is 0. The Balaban J connectivity index is 3.93. The molecule has 8 heteroatoms. The smallest absolute Gasteiger partial charge is 0.271 e. The highest BCUT2D eigenvalue weighted by molar-refractivity contribution is 4.70. The minimum atomic E-state index is -4.51. The molecule has 0 aromatic rings. The summed E-state index contributed by atoms with van der Waals surface area (Å²) in [4.78, 5) is 0. The van der Waals surface area contributed by atoms with Gasteiger partial charge < -0.3 is 0 Å². The number of hydrazine groups is 1. The molecule has 0 amide bonds. The second-order valence-corrected chi connectivity index (χ2v) is 2.84. The van der Waals surface area contributed by atoms with Crippen molar-refractivity contribution in [2.75, 3.05) is 0 Å². The summed E-state index contributed by atoms with van der Waals surface area (Å²) in [5.41, 5.74) is 1.71. The quantitative estimate of drug-likeness (QED) is 0.436. The third-order valence-electron chi connectivity index (χ3n) is 1.49. The van der Waals surface area contributed by atoms with E-state index in [-0.39, 0.29) is 0 Å². The topological polar surface area (TPSA) is 38.0 Å². The highest BCUT2D eigenvalue weighted by Crippen LogP contribution is 2.27. The summed E-state index contributed by atoms with van der Waals surface area (Å²) in [6.45, 7) is 0. The van der Waals surface area contributed by atoms with E-state index in [0.29, 0.717) is 0 Å². The molecular formula is C6H10F6N2. The molecule has 2 nitrogen and oxygen atoms in total. The maximum Gasteiger partial charge on any atom is 0.390 e. The molecule has 1 atom stereocenters. The Morgan fingerprint density at radius 1 is 1.00 bits per heavy atom. The number of alkyl halides is 6. The van der Waals surface area contributed by atoms with Crippen molar-refractivity contribution in [3.8, 4) is 0 Å². The van der Waals surface area contributed by atoms with Gasteiger partial charge in [-0.1, -0.05) is 0 Å². The van der Waals surface area contributed by atoms with Gasteiger partial charge in [0.25, 0.3) is 0 Å². The molecule has 86 valence electrons. The summed E-state index contributed by atoms with van der Waals surface area (Å²) in [7, 11) is 0. The first-order chi connectivity index (χ1) is 6.14. The van der Waals surface area contributed by atoms with Gasteiger partial charge in [-0.15, -0.1) is 0 Å². The van der Waals surface area contributed by atoms with Crippen molar-refractivity contribution in [2.45, 2.75) is 37.7 Å². The van der Waals surface area contributed by atoms with Gasteiger partial charge in [-0.2, -0.15) is 26.3 Å². The van der Waals surface area contributed by atoms with Crippen molar-refractivity contribution in [1.29, 1.82) is 0 Å². The second-order valence-electron chi connectivity index (χ2n) is 2.84. The van der Waals surface area contributed by atoms with E-state index < -0.39 is 37.7 Å². The van der Waals surface area contributed by atoms with Gasteiger partial charge in [0.1, 0.15) is 0 Å². The normalized spacial score (nSPS) is 15.6. The predicted molar refractivity (Wildman–Crippen MR) is 37.1 cm³/mol. The van der Waals surface area contributed by atoms with Crippen LogP contribution in [0, 0.1) is 0 Å². The first-order valence-corrected chi connectivity index (χ1v) is 3.73. The molecule has 0 bridgehead atoms. The summed E-state index contributed by atoms with van der Waals surface area (Å²) in [5.74, 6) is 4.69. The molecule has 0 aliphatic heterocycles. The molecule has 0 heterocycles. The fourth-order valence-electron chi connectivity index (χ4n) is 0.862. The minimum Gasteiger partial charge on any atom is -0.271 e. The molecule has 0 fully saturated rings. The van der Waals surface area contributed by atoms with E-state index in [9.17, 15) is 26.3 Å². The molecular weight excluding hydrogens is 214 g/mol. The summed E-state index contributed by atoms with van der Waals surface area (Å²) in [6.07, 6.45) is -12.3. The minimum absolute atomic E-state index is 0.681. The van der Waals surface area contributed by atoms with E-state index in [2.05, 4.69) is 0 Å². The third-order valence-corrected chi connectivity index (χ3v) is 1.49. The van der Waals surface area contributed by atoms with Crippen LogP contribution in [0.5, 0.6) is 0 Å². The van der Waals surface area contributed by atoms with Crippen LogP contribution < -0.4 is 11.3 Å². The average molecular weight is 224 g/mol. The molecule has 0 spiro atoms. The molecule has 1 unspecified atom stereocenters. The number of hydrogen-bond donors (Lipinski definition) is 2. The highest BCUT2D eigenvalue weighted by Gasteiger charge is 2.34. The lowest BCUT2D eigenvalue weighted by molar-refractivity contribution is -0.151. The van der Waals surface area contributed by atoms with E-state index in [0.717, 1.165) is 0 Å². The van der Waals surface area contributed by atoms with E-state index >= 15 is 0 Å². The number of halogens is 6. The maximum atomic E-state index is 11.7. The van der Waals surface area contributed by atoms with E-state index in [1.807, 2.05) is 0 Å². The average Bonchev–Trinajstić information content (AvgIpc) is 1.94. The zero-order valence-electron chi connectivity index (χ0n) is 7.04. The number of nitrogens with one attached hydrogen (secondary N) is 1. The standard InChI is InChI=1S/C6H10F6N2/c7-5(8,9)2-1-4(14-13)3-6(10,11)12/h4,14H,1-3,13H2. The second kappa shape index (κ2) is 4.83. The van der Waals surface area contributed by atoms with Crippen molar-refractivity contribution in [3.05, 3.63) is 0 Å². The Labute approximate surface area is 76.4 Å². The van der Waals surface area contributed by atoms with Crippen molar-refractivity contribution >= 4 is 0 Å². The van der Waals surface area contributed by atoms with Crippen molar-refractivity contribution < 1.29 is 26.3 Å². The predicted octanol–water partition coefficient (Wildman–Crippen LogP) is 2.11. The van der Waals surface area contributed by atoms with Crippen LogP contribution in [0.2, 0.25) is 0 Å². The van der Waals surface area contributed by atoms with Gasteiger partial charge in [0.15, 0.2) is 0 Å². The molecule has 0 rings (SSSR count). The molecule has 0 saturated heterocycles. The largest absolute Gasteiger partial charge is 0.390 e. The van der Waals surface area contributed by atoms with E-state index in [4.69, 9.17) is 5.84 Å². The van der Waals surface area contributed by atoms with Crippen molar-refractivity contribution in [3.63, 3.8) is 0 Å². The lowest BCUT2D eigenvalue weighted by atomic mass is 10.1. The van der Waals surface area contributed by atoms with Gasteiger partial charge in [-0.05, 0) is 6.42 Å². The van der Waals surface area contributed by atoms with Crippen LogP contribution in [0.1, 0.15) is 19.3 Å². The van der Waals surface area contributed by atoms with Gasteiger partial charge in [0, 0.05) is 12.5 Å². The third kappa shape index (κ3) is 8.11. The summed E-state index contributed by atoms with van der Waals surface area (Å²) < 4.78 is 70.1. The van der Waals surface area contributed by atoms with Crippen molar-refractivity contribution in [1.82, 2.24) is 5.43 Å². The first-order valence-electron chi connectivity index (χ1n) is 3.73. The van der Waals surface area contributed by atoms with Crippen LogP contribution in [0.4, 0.5) is 26.3 Å². The number of hydrogen-bond acceptors (Lipinski definition) is 2. The maximum absolute atomic E-state index is 11.7. The first kappa shape index (κ1) is 13.5. The van der Waals surface area contributed by atoms with Gasteiger partial charge in [-0.3, -0.25) is 11.3 Å². The van der Waals surface area contributed by atoms with E-state index in [1.165, 1.54) is 0 Å². The van der Waals surface area contributed by atoms with Gasteiger partial charge in [-0.25, -0.2) is 0 Å². The fourth-order valence-corrected chi connectivity index (χ4v) is 0.862.